The molecule has 0 spiro atoms. The monoisotopic (exact) mass is 276 g/mol. The molecule has 0 saturated heterocycles. The van der Waals surface area contributed by atoms with Crippen LogP contribution in [-0.4, -0.2) is 30.1 Å². The molecule has 1 fully saturated rings. The smallest absolute Gasteiger partial charge is 0.137 e. The van der Waals surface area contributed by atoms with Crippen LogP contribution in [-0.2, 0) is 6.42 Å². The quantitative estimate of drug-likeness (QED) is 0.828. The van der Waals surface area contributed by atoms with E-state index in [0.29, 0.717) is 0 Å². The van der Waals surface area contributed by atoms with E-state index in [1.807, 2.05) is 0 Å². The van der Waals surface area contributed by atoms with Gasteiger partial charge < -0.3 is 10.2 Å². The number of hydrogen-bond acceptors (Lipinski definition) is 4. The van der Waals surface area contributed by atoms with Crippen molar-refractivity contribution >= 4 is 11.6 Å². The van der Waals surface area contributed by atoms with E-state index in [-0.39, 0.29) is 0 Å². The van der Waals surface area contributed by atoms with Crippen LogP contribution < -0.4 is 10.2 Å². The molecular weight excluding hydrogens is 248 g/mol. The maximum atomic E-state index is 4.79. The molecule has 4 heteroatoms. The lowest BCUT2D eigenvalue weighted by Gasteiger charge is -2.31. The predicted molar refractivity (Wildman–Crippen MR) is 85.5 cm³/mol. The Morgan fingerprint density at radius 3 is 2.55 bits per heavy atom. The molecule has 0 atom stereocenters. The molecule has 20 heavy (non-hydrogen) atoms. The van der Waals surface area contributed by atoms with Gasteiger partial charge in [-0.25, -0.2) is 9.97 Å². The molecular formula is C16H28N4. The molecule has 2 rings (SSSR count). The van der Waals surface area contributed by atoms with E-state index in [1.54, 1.807) is 0 Å². The van der Waals surface area contributed by atoms with Gasteiger partial charge in [-0.15, -0.1) is 0 Å². The minimum absolute atomic E-state index is 0.853. The van der Waals surface area contributed by atoms with Crippen molar-refractivity contribution in [1.82, 2.24) is 9.97 Å². The Hall–Kier alpha value is -1.32. The SMILES string of the molecule is CCCc1nc(NCC)c(C)c(N(C)CC2CCC2)n1. The van der Waals surface area contributed by atoms with Crippen LogP contribution in [0.15, 0.2) is 0 Å². The summed E-state index contributed by atoms with van der Waals surface area (Å²) in [5.74, 6) is 3.92. The largest absolute Gasteiger partial charge is 0.370 e. The van der Waals surface area contributed by atoms with E-state index in [2.05, 4.69) is 43.0 Å². The van der Waals surface area contributed by atoms with Crippen molar-refractivity contribution in [2.45, 2.75) is 52.9 Å². The molecule has 1 aliphatic rings. The van der Waals surface area contributed by atoms with Gasteiger partial charge in [-0.1, -0.05) is 13.3 Å². The molecule has 1 heterocycles. The summed E-state index contributed by atoms with van der Waals surface area (Å²) in [5.41, 5.74) is 1.17. The van der Waals surface area contributed by atoms with Gasteiger partial charge in [0.2, 0.25) is 0 Å². The lowest BCUT2D eigenvalue weighted by Crippen LogP contribution is -2.31. The van der Waals surface area contributed by atoms with Gasteiger partial charge in [0.15, 0.2) is 0 Å². The molecule has 0 unspecified atom stereocenters. The summed E-state index contributed by atoms with van der Waals surface area (Å²) < 4.78 is 0. The van der Waals surface area contributed by atoms with E-state index in [4.69, 9.17) is 4.98 Å². The lowest BCUT2D eigenvalue weighted by atomic mass is 9.85. The summed E-state index contributed by atoms with van der Waals surface area (Å²) in [5, 5.41) is 3.37. The fourth-order valence-corrected chi connectivity index (χ4v) is 2.75. The zero-order valence-corrected chi connectivity index (χ0v) is 13.4. The first-order chi connectivity index (χ1) is 9.65. The van der Waals surface area contributed by atoms with Crippen LogP contribution in [0.3, 0.4) is 0 Å². The van der Waals surface area contributed by atoms with Crippen molar-refractivity contribution < 1.29 is 0 Å². The zero-order chi connectivity index (χ0) is 14.5. The second kappa shape index (κ2) is 6.91. The maximum absolute atomic E-state index is 4.79. The van der Waals surface area contributed by atoms with E-state index in [9.17, 15) is 0 Å². The highest BCUT2D eigenvalue weighted by Crippen LogP contribution is 2.30. The number of hydrogen-bond donors (Lipinski definition) is 1. The van der Waals surface area contributed by atoms with Crippen molar-refractivity contribution in [3.63, 3.8) is 0 Å². The molecule has 0 aliphatic heterocycles. The third-order valence-corrected chi connectivity index (χ3v) is 4.10. The Morgan fingerprint density at radius 1 is 1.25 bits per heavy atom. The topological polar surface area (TPSA) is 41.1 Å². The average Bonchev–Trinajstić information content (AvgIpc) is 2.38. The first-order valence-corrected chi connectivity index (χ1v) is 7.98. The van der Waals surface area contributed by atoms with Gasteiger partial charge in [0.25, 0.3) is 0 Å². The molecule has 4 nitrogen and oxygen atoms in total. The first-order valence-electron chi connectivity index (χ1n) is 7.98. The molecule has 1 aromatic heterocycles. The third-order valence-electron chi connectivity index (χ3n) is 4.10. The van der Waals surface area contributed by atoms with Gasteiger partial charge in [0, 0.05) is 32.1 Å². The number of nitrogens with zero attached hydrogens (tertiary/aromatic N) is 3. The van der Waals surface area contributed by atoms with Gasteiger partial charge in [-0.05, 0) is 39.0 Å². The van der Waals surface area contributed by atoms with Crippen molar-refractivity contribution in [2.75, 3.05) is 30.4 Å². The number of aryl methyl sites for hydroxylation is 1. The second-order valence-electron chi connectivity index (χ2n) is 5.89. The summed E-state index contributed by atoms with van der Waals surface area (Å²) in [6.07, 6.45) is 6.17. The number of rotatable bonds is 7. The van der Waals surface area contributed by atoms with Gasteiger partial charge in [0.1, 0.15) is 17.5 Å². The van der Waals surface area contributed by atoms with E-state index >= 15 is 0 Å². The molecule has 1 saturated carbocycles. The summed E-state index contributed by atoms with van der Waals surface area (Å²) >= 11 is 0. The Balaban J connectivity index is 2.23. The second-order valence-corrected chi connectivity index (χ2v) is 5.89. The van der Waals surface area contributed by atoms with Crippen LogP contribution in [0.2, 0.25) is 0 Å². The number of nitrogens with one attached hydrogen (secondary N) is 1. The molecule has 0 amide bonds. The molecule has 0 aromatic carbocycles. The highest BCUT2D eigenvalue weighted by atomic mass is 15.2. The third kappa shape index (κ3) is 3.41. The van der Waals surface area contributed by atoms with Crippen molar-refractivity contribution in [3.05, 3.63) is 11.4 Å². The van der Waals surface area contributed by atoms with E-state index in [0.717, 1.165) is 49.3 Å². The van der Waals surface area contributed by atoms with Crippen LogP contribution in [0, 0.1) is 12.8 Å². The summed E-state index contributed by atoms with van der Waals surface area (Å²) in [6.45, 7) is 8.43. The van der Waals surface area contributed by atoms with Gasteiger partial charge in [-0.2, -0.15) is 0 Å². The van der Waals surface area contributed by atoms with Crippen molar-refractivity contribution in [1.29, 1.82) is 0 Å². The number of aromatic nitrogens is 2. The maximum Gasteiger partial charge on any atom is 0.137 e. The first kappa shape index (κ1) is 15.1. The summed E-state index contributed by atoms with van der Waals surface area (Å²) in [6, 6.07) is 0. The van der Waals surface area contributed by atoms with Crippen LogP contribution in [0.25, 0.3) is 0 Å². The highest BCUT2D eigenvalue weighted by Gasteiger charge is 2.21. The minimum atomic E-state index is 0.853. The Kier molecular flexibility index (Phi) is 5.21. The summed E-state index contributed by atoms with van der Waals surface area (Å²) in [4.78, 5) is 11.8. The average molecular weight is 276 g/mol. The zero-order valence-electron chi connectivity index (χ0n) is 13.4. The van der Waals surface area contributed by atoms with Crippen LogP contribution >= 0.6 is 0 Å². The van der Waals surface area contributed by atoms with Gasteiger partial charge in [0.05, 0.1) is 0 Å². The molecule has 0 radical (unpaired) electrons. The van der Waals surface area contributed by atoms with E-state index in [1.165, 1.54) is 24.8 Å². The van der Waals surface area contributed by atoms with Crippen LogP contribution in [0.4, 0.5) is 11.6 Å². The Bertz CT molecular complexity index is 440. The summed E-state index contributed by atoms with van der Waals surface area (Å²) in [7, 11) is 2.17. The fourth-order valence-electron chi connectivity index (χ4n) is 2.75. The minimum Gasteiger partial charge on any atom is -0.370 e. The standard InChI is InChI=1S/C16H28N4/c1-5-8-14-18-15(17-6-2)12(3)16(19-14)20(4)11-13-9-7-10-13/h13H,5-11H2,1-4H3,(H,17,18,19). The lowest BCUT2D eigenvalue weighted by molar-refractivity contribution is 0.321. The molecule has 1 aliphatic carbocycles. The fraction of sp³-hybridized carbons (Fsp3) is 0.750. The highest BCUT2D eigenvalue weighted by molar-refractivity contribution is 5.58. The Morgan fingerprint density at radius 2 is 2.00 bits per heavy atom. The normalized spacial score (nSPS) is 15.0. The van der Waals surface area contributed by atoms with Crippen molar-refractivity contribution in [2.24, 2.45) is 5.92 Å². The van der Waals surface area contributed by atoms with Crippen LogP contribution in [0.1, 0.15) is 50.9 Å². The van der Waals surface area contributed by atoms with Gasteiger partial charge in [-0.3, -0.25) is 0 Å². The number of anilines is 2. The molecule has 112 valence electrons. The molecule has 0 bridgehead atoms. The predicted octanol–water partition coefficient (Wildman–Crippen LogP) is 3.41. The molecule has 1 N–H and O–H groups in total. The molecule has 1 aromatic rings. The Labute approximate surface area is 123 Å². The van der Waals surface area contributed by atoms with Gasteiger partial charge >= 0.3 is 0 Å². The van der Waals surface area contributed by atoms with Crippen LogP contribution in [0.5, 0.6) is 0 Å². The van der Waals surface area contributed by atoms with E-state index < -0.39 is 0 Å². The van der Waals surface area contributed by atoms with Crippen molar-refractivity contribution in [3.8, 4) is 0 Å².